The Morgan fingerprint density at radius 1 is 0.931 bits per heavy atom. The third-order valence-electron chi connectivity index (χ3n) is 4.62. The molecule has 0 unspecified atom stereocenters. The van der Waals surface area contributed by atoms with Crippen molar-refractivity contribution in [2.75, 3.05) is 12.4 Å². The van der Waals surface area contributed by atoms with Gasteiger partial charge in [0, 0.05) is 11.3 Å². The Morgan fingerprint density at radius 3 is 2.41 bits per heavy atom. The molecule has 0 saturated heterocycles. The summed E-state index contributed by atoms with van der Waals surface area (Å²) in [6, 6.07) is 26.7. The number of hydrogen-bond acceptors (Lipinski definition) is 3. The summed E-state index contributed by atoms with van der Waals surface area (Å²) in [6.07, 6.45) is 0. The summed E-state index contributed by atoms with van der Waals surface area (Å²) in [5.41, 5.74) is 4.72. The van der Waals surface area contributed by atoms with Gasteiger partial charge in [0.25, 0.3) is 5.91 Å². The van der Waals surface area contributed by atoms with E-state index < -0.39 is 0 Å². The number of amides is 1. The van der Waals surface area contributed by atoms with Crippen LogP contribution in [0.3, 0.4) is 0 Å². The predicted octanol–water partition coefficient (Wildman–Crippen LogP) is 5.11. The zero-order valence-electron chi connectivity index (χ0n) is 16.3. The van der Waals surface area contributed by atoms with Crippen molar-refractivity contribution < 1.29 is 9.53 Å². The molecule has 0 bridgehead atoms. The van der Waals surface area contributed by atoms with Crippen molar-refractivity contribution in [1.82, 2.24) is 9.78 Å². The van der Waals surface area contributed by atoms with E-state index in [2.05, 4.69) is 5.32 Å². The molecule has 0 atom stereocenters. The summed E-state index contributed by atoms with van der Waals surface area (Å²) < 4.78 is 6.99. The highest BCUT2D eigenvalue weighted by Crippen LogP contribution is 2.25. The van der Waals surface area contributed by atoms with Crippen molar-refractivity contribution in [3.63, 3.8) is 0 Å². The quantitative estimate of drug-likeness (QED) is 0.521. The van der Waals surface area contributed by atoms with E-state index in [1.807, 2.05) is 85.8 Å². The van der Waals surface area contributed by atoms with Gasteiger partial charge in [0.15, 0.2) is 0 Å². The first-order valence-corrected chi connectivity index (χ1v) is 9.32. The number of ether oxygens (including phenoxy) is 1. The van der Waals surface area contributed by atoms with Crippen molar-refractivity contribution in [2.24, 2.45) is 0 Å². The van der Waals surface area contributed by atoms with Crippen molar-refractivity contribution in [3.8, 4) is 22.7 Å². The maximum atomic E-state index is 13.1. The molecule has 0 aliphatic carbocycles. The highest BCUT2D eigenvalue weighted by molar-refractivity contribution is 6.04. The van der Waals surface area contributed by atoms with Gasteiger partial charge in [-0.1, -0.05) is 48.0 Å². The van der Waals surface area contributed by atoms with E-state index in [-0.39, 0.29) is 5.91 Å². The fraction of sp³-hybridized carbons (Fsp3) is 0.0833. The molecular formula is C24H21N3O2. The lowest BCUT2D eigenvalue weighted by molar-refractivity contribution is 0.101. The number of carbonyl (C=O) groups is 1. The topological polar surface area (TPSA) is 56.1 Å². The molecule has 0 spiro atoms. The molecule has 29 heavy (non-hydrogen) atoms. The Balaban J connectivity index is 1.75. The maximum absolute atomic E-state index is 13.1. The molecule has 0 aliphatic heterocycles. The third-order valence-corrected chi connectivity index (χ3v) is 4.62. The van der Waals surface area contributed by atoms with E-state index in [1.54, 1.807) is 17.9 Å². The standard InChI is InChI=1S/C24H21N3O2/c1-17-11-13-19(14-12-17)25-24(28)23-16-22(18-7-6-10-21(15-18)29-2)26-27(23)20-8-4-3-5-9-20/h3-16H,1-2H3,(H,25,28). The van der Waals surface area contributed by atoms with Crippen LogP contribution in [0, 0.1) is 6.92 Å². The predicted molar refractivity (Wildman–Crippen MR) is 115 cm³/mol. The number of aromatic nitrogens is 2. The van der Waals surface area contributed by atoms with Crippen LogP contribution in [-0.2, 0) is 0 Å². The van der Waals surface area contributed by atoms with Gasteiger partial charge in [0.2, 0.25) is 0 Å². The Kier molecular flexibility index (Phi) is 5.12. The fourth-order valence-corrected chi connectivity index (χ4v) is 3.06. The van der Waals surface area contributed by atoms with Crippen LogP contribution in [0.1, 0.15) is 16.1 Å². The molecule has 5 heteroatoms. The zero-order valence-corrected chi connectivity index (χ0v) is 16.3. The van der Waals surface area contributed by atoms with Crippen LogP contribution in [0.5, 0.6) is 5.75 Å². The van der Waals surface area contributed by atoms with E-state index in [4.69, 9.17) is 9.84 Å². The summed E-state index contributed by atoms with van der Waals surface area (Å²) in [4.78, 5) is 13.1. The van der Waals surface area contributed by atoms with Crippen LogP contribution in [0.15, 0.2) is 84.9 Å². The minimum Gasteiger partial charge on any atom is -0.497 e. The van der Waals surface area contributed by atoms with Gasteiger partial charge < -0.3 is 10.1 Å². The number of hydrogen-bond donors (Lipinski definition) is 1. The molecule has 1 aromatic heterocycles. The average molecular weight is 383 g/mol. The first-order valence-electron chi connectivity index (χ1n) is 9.32. The van der Waals surface area contributed by atoms with Crippen LogP contribution in [0.2, 0.25) is 0 Å². The lowest BCUT2D eigenvalue weighted by Gasteiger charge is -2.08. The Bertz CT molecular complexity index is 1130. The third kappa shape index (κ3) is 4.04. The van der Waals surface area contributed by atoms with Gasteiger partial charge >= 0.3 is 0 Å². The van der Waals surface area contributed by atoms with Gasteiger partial charge in [-0.05, 0) is 49.4 Å². The fourth-order valence-electron chi connectivity index (χ4n) is 3.06. The molecule has 1 amide bonds. The number of methoxy groups -OCH3 is 1. The van der Waals surface area contributed by atoms with Gasteiger partial charge in [-0.25, -0.2) is 4.68 Å². The summed E-state index contributed by atoms with van der Waals surface area (Å²) in [6.45, 7) is 2.01. The van der Waals surface area contributed by atoms with E-state index in [9.17, 15) is 4.79 Å². The number of carbonyl (C=O) groups excluding carboxylic acids is 1. The van der Waals surface area contributed by atoms with Crippen molar-refractivity contribution in [2.45, 2.75) is 6.92 Å². The number of benzene rings is 3. The molecule has 5 nitrogen and oxygen atoms in total. The van der Waals surface area contributed by atoms with Gasteiger partial charge in [0.05, 0.1) is 18.5 Å². The number of para-hydroxylation sites is 1. The van der Waals surface area contributed by atoms with Crippen molar-refractivity contribution in [3.05, 3.63) is 96.2 Å². The second-order valence-electron chi connectivity index (χ2n) is 6.71. The summed E-state index contributed by atoms with van der Waals surface area (Å²) in [5, 5.41) is 7.66. The van der Waals surface area contributed by atoms with Gasteiger partial charge in [-0.15, -0.1) is 0 Å². The first-order chi connectivity index (χ1) is 14.1. The second kappa shape index (κ2) is 8.02. The van der Waals surface area contributed by atoms with Crippen molar-refractivity contribution in [1.29, 1.82) is 0 Å². The van der Waals surface area contributed by atoms with Crippen molar-refractivity contribution >= 4 is 11.6 Å². The highest BCUT2D eigenvalue weighted by Gasteiger charge is 2.18. The number of nitrogens with zero attached hydrogens (tertiary/aromatic N) is 2. The largest absolute Gasteiger partial charge is 0.497 e. The van der Waals surface area contributed by atoms with Gasteiger partial charge in [-0.3, -0.25) is 4.79 Å². The molecular weight excluding hydrogens is 362 g/mol. The Hall–Kier alpha value is -3.86. The van der Waals surface area contributed by atoms with E-state index >= 15 is 0 Å². The second-order valence-corrected chi connectivity index (χ2v) is 6.71. The average Bonchev–Trinajstić information content (AvgIpc) is 3.22. The molecule has 0 aliphatic rings. The van der Waals surface area contributed by atoms with Crippen LogP contribution in [0.25, 0.3) is 16.9 Å². The first kappa shape index (κ1) is 18.5. The van der Waals surface area contributed by atoms with Crippen LogP contribution >= 0.6 is 0 Å². The van der Waals surface area contributed by atoms with Gasteiger partial charge in [0.1, 0.15) is 11.4 Å². The molecule has 1 N–H and O–H groups in total. The normalized spacial score (nSPS) is 10.6. The molecule has 144 valence electrons. The van der Waals surface area contributed by atoms with Gasteiger partial charge in [-0.2, -0.15) is 5.10 Å². The SMILES string of the molecule is COc1cccc(-c2cc(C(=O)Nc3ccc(C)cc3)n(-c3ccccc3)n2)c1. The highest BCUT2D eigenvalue weighted by atomic mass is 16.5. The summed E-state index contributed by atoms with van der Waals surface area (Å²) in [5.74, 6) is 0.516. The van der Waals surface area contributed by atoms with Crippen LogP contribution in [0.4, 0.5) is 5.69 Å². The molecule has 0 fully saturated rings. The van der Waals surface area contributed by atoms with E-state index in [1.165, 1.54) is 0 Å². The number of anilines is 1. The van der Waals surface area contributed by atoms with E-state index in [0.29, 0.717) is 11.4 Å². The summed E-state index contributed by atoms with van der Waals surface area (Å²) >= 11 is 0. The van der Waals surface area contributed by atoms with Crippen LogP contribution < -0.4 is 10.1 Å². The van der Waals surface area contributed by atoms with Crippen LogP contribution in [-0.4, -0.2) is 22.8 Å². The minimum atomic E-state index is -0.223. The maximum Gasteiger partial charge on any atom is 0.274 e. The number of nitrogens with one attached hydrogen (secondary N) is 1. The number of aryl methyl sites for hydroxylation is 1. The minimum absolute atomic E-state index is 0.223. The number of rotatable bonds is 5. The Morgan fingerprint density at radius 2 is 1.69 bits per heavy atom. The smallest absolute Gasteiger partial charge is 0.274 e. The molecule has 0 saturated carbocycles. The Labute approximate surface area is 169 Å². The monoisotopic (exact) mass is 383 g/mol. The summed E-state index contributed by atoms with van der Waals surface area (Å²) in [7, 11) is 1.63. The zero-order chi connectivity index (χ0) is 20.2. The lowest BCUT2D eigenvalue weighted by atomic mass is 10.1. The molecule has 0 radical (unpaired) electrons. The molecule has 3 aromatic carbocycles. The van der Waals surface area contributed by atoms with E-state index in [0.717, 1.165) is 28.3 Å². The lowest BCUT2D eigenvalue weighted by Crippen LogP contribution is -2.16. The molecule has 4 rings (SSSR count). The molecule has 4 aromatic rings. The molecule has 1 heterocycles.